The van der Waals surface area contributed by atoms with Crippen LogP contribution in [-0.2, 0) is 0 Å². The summed E-state index contributed by atoms with van der Waals surface area (Å²) in [5.74, 6) is 0. The quantitative estimate of drug-likeness (QED) is 0.624. The van der Waals surface area contributed by atoms with Gasteiger partial charge < -0.3 is 10.2 Å². The zero-order valence-corrected chi connectivity index (χ0v) is 11.4. The molecule has 0 aliphatic carbocycles. The van der Waals surface area contributed by atoms with Crippen molar-refractivity contribution in [1.29, 1.82) is 0 Å². The van der Waals surface area contributed by atoms with Gasteiger partial charge in [0, 0.05) is 13.1 Å². The smallest absolute Gasteiger partial charge is 0.345 e. The second-order valence-electron chi connectivity index (χ2n) is 5.02. The third kappa shape index (κ3) is 4.66. The van der Waals surface area contributed by atoms with Gasteiger partial charge in [-0.2, -0.15) is 0 Å². The van der Waals surface area contributed by atoms with Crippen LogP contribution in [0.25, 0.3) is 0 Å². The lowest BCUT2D eigenvalue weighted by atomic mass is 9.93. The highest BCUT2D eigenvalue weighted by Gasteiger charge is 2.20. The fourth-order valence-electron chi connectivity index (χ4n) is 1.66. The van der Waals surface area contributed by atoms with Crippen LogP contribution >= 0.6 is 11.3 Å². The second kappa shape index (κ2) is 5.42. The van der Waals surface area contributed by atoms with Gasteiger partial charge in [0.15, 0.2) is 5.13 Å². The first kappa shape index (κ1) is 13.9. The number of hydrogen-bond donors (Lipinski definition) is 1. The monoisotopic (exact) mass is 258 g/mol. The summed E-state index contributed by atoms with van der Waals surface area (Å²) in [6.45, 7) is 5.95. The Hall–Kier alpha value is -1.21. The molecule has 1 aromatic rings. The molecular formula is C10H18N4O2S. The van der Waals surface area contributed by atoms with Crippen LogP contribution in [0.15, 0.2) is 6.20 Å². The molecule has 1 aromatic heterocycles. The number of aromatic nitrogens is 1. The van der Waals surface area contributed by atoms with E-state index in [9.17, 15) is 10.1 Å². The standard InChI is InChI=1S/C10H18N4O2S/c1-10(2,7-13(3)4)6-12-9-11-5-8(17-9)14(15)16/h5H,6-7H2,1-4H3,(H,11,12). The van der Waals surface area contributed by atoms with Gasteiger partial charge in [-0.3, -0.25) is 10.1 Å². The lowest BCUT2D eigenvalue weighted by molar-refractivity contribution is -0.380. The van der Waals surface area contributed by atoms with E-state index in [1.54, 1.807) is 0 Å². The number of nitro groups is 1. The average molecular weight is 258 g/mol. The van der Waals surface area contributed by atoms with E-state index >= 15 is 0 Å². The van der Waals surface area contributed by atoms with Crippen molar-refractivity contribution in [2.75, 3.05) is 32.5 Å². The predicted molar refractivity (Wildman–Crippen MR) is 69.6 cm³/mol. The zero-order chi connectivity index (χ0) is 13.1. The highest BCUT2D eigenvalue weighted by atomic mass is 32.1. The van der Waals surface area contributed by atoms with Crippen LogP contribution in [-0.4, -0.2) is 42.0 Å². The van der Waals surface area contributed by atoms with Crippen molar-refractivity contribution in [3.8, 4) is 0 Å². The van der Waals surface area contributed by atoms with Gasteiger partial charge in [-0.1, -0.05) is 13.8 Å². The first-order valence-electron chi connectivity index (χ1n) is 5.29. The molecule has 7 heteroatoms. The van der Waals surface area contributed by atoms with Crippen molar-refractivity contribution in [3.63, 3.8) is 0 Å². The highest BCUT2D eigenvalue weighted by molar-refractivity contribution is 7.18. The Labute approximate surface area is 105 Å². The summed E-state index contributed by atoms with van der Waals surface area (Å²) >= 11 is 1.07. The molecule has 6 nitrogen and oxygen atoms in total. The summed E-state index contributed by atoms with van der Waals surface area (Å²) < 4.78 is 0. The topological polar surface area (TPSA) is 71.3 Å². The zero-order valence-electron chi connectivity index (χ0n) is 10.6. The van der Waals surface area contributed by atoms with Gasteiger partial charge in [0.05, 0.1) is 4.92 Å². The lowest BCUT2D eigenvalue weighted by Gasteiger charge is -2.28. The van der Waals surface area contributed by atoms with Gasteiger partial charge in [-0.15, -0.1) is 0 Å². The van der Waals surface area contributed by atoms with Gasteiger partial charge in [-0.05, 0) is 30.8 Å². The molecule has 0 fully saturated rings. The minimum Gasteiger partial charge on any atom is -0.361 e. The SMILES string of the molecule is CN(C)CC(C)(C)CNc1ncc([N+](=O)[O-])s1. The number of thiazole rings is 1. The maximum absolute atomic E-state index is 10.5. The summed E-state index contributed by atoms with van der Waals surface area (Å²) in [6.07, 6.45) is 1.28. The van der Waals surface area contributed by atoms with E-state index in [1.165, 1.54) is 6.20 Å². The molecule has 17 heavy (non-hydrogen) atoms. The van der Waals surface area contributed by atoms with Crippen LogP contribution in [0.2, 0.25) is 0 Å². The number of anilines is 1. The maximum Gasteiger partial charge on any atom is 0.345 e. The van der Waals surface area contributed by atoms with Gasteiger partial charge in [0.1, 0.15) is 6.20 Å². The largest absolute Gasteiger partial charge is 0.361 e. The van der Waals surface area contributed by atoms with Gasteiger partial charge in [-0.25, -0.2) is 4.98 Å². The van der Waals surface area contributed by atoms with Crippen molar-refractivity contribution < 1.29 is 4.92 Å². The molecule has 0 radical (unpaired) electrons. The Kier molecular flexibility index (Phi) is 4.41. The molecule has 1 heterocycles. The van der Waals surface area contributed by atoms with Crippen LogP contribution in [0.3, 0.4) is 0 Å². The number of hydrogen-bond acceptors (Lipinski definition) is 6. The number of rotatable bonds is 6. The molecule has 96 valence electrons. The molecule has 0 aliphatic rings. The molecule has 0 unspecified atom stereocenters. The molecule has 0 saturated carbocycles. The summed E-state index contributed by atoms with van der Waals surface area (Å²) in [7, 11) is 4.05. The van der Waals surface area contributed by atoms with Crippen LogP contribution in [0, 0.1) is 15.5 Å². The van der Waals surface area contributed by atoms with E-state index in [0.717, 1.165) is 24.4 Å². The minimum absolute atomic E-state index is 0.0675. The van der Waals surface area contributed by atoms with E-state index in [0.29, 0.717) is 5.13 Å². The summed E-state index contributed by atoms with van der Waals surface area (Å²) in [4.78, 5) is 16.2. The average Bonchev–Trinajstić information content (AvgIpc) is 2.61. The van der Waals surface area contributed by atoms with Crippen LogP contribution in [0.1, 0.15) is 13.8 Å². The maximum atomic E-state index is 10.5. The Morgan fingerprint density at radius 2 is 2.24 bits per heavy atom. The Balaban J connectivity index is 2.52. The van der Waals surface area contributed by atoms with Crippen molar-refractivity contribution in [2.24, 2.45) is 5.41 Å². The minimum atomic E-state index is -0.423. The fraction of sp³-hybridized carbons (Fsp3) is 0.700. The molecule has 0 spiro atoms. The van der Waals surface area contributed by atoms with Gasteiger partial charge in [0.2, 0.25) is 0 Å². The van der Waals surface area contributed by atoms with Crippen LogP contribution in [0.5, 0.6) is 0 Å². The van der Waals surface area contributed by atoms with Crippen LogP contribution in [0.4, 0.5) is 10.1 Å². The fourth-order valence-corrected chi connectivity index (χ4v) is 2.29. The Bertz CT molecular complexity index is 389. The van der Waals surface area contributed by atoms with E-state index < -0.39 is 4.92 Å². The van der Waals surface area contributed by atoms with Crippen LogP contribution < -0.4 is 5.32 Å². The molecule has 1 rings (SSSR count). The van der Waals surface area contributed by atoms with E-state index in [4.69, 9.17) is 0 Å². The molecule has 0 bridgehead atoms. The first-order chi connectivity index (χ1) is 7.80. The van der Waals surface area contributed by atoms with Gasteiger partial charge >= 0.3 is 5.00 Å². The molecule has 0 aliphatic heterocycles. The van der Waals surface area contributed by atoms with E-state index in [2.05, 4.69) is 29.0 Å². The first-order valence-corrected chi connectivity index (χ1v) is 6.11. The normalized spacial score (nSPS) is 11.8. The number of nitrogens with one attached hydrogen (secondary N) is 1. The molecule has 1 N–H and O–H groups in total. The molecule has 0 aromatic carbocycles. The Morgan fingerprint density at radius 3 is 2.71 bits per heavy atom. The summed E-state index contributed by atoms with van der Waals surface area (Å²) in [5.41, 5.74) is 0.0873. The van der Waals surface area contributed by atoms with Crippen molar-refractivity contribution >= 4 is 21.5 Å². The van der Waals surface area contributed by atoms with Crippen molar-refractivity contribution in [2.45, 2.75) is 13.8 Å². The summed E-state index contributed by atoms with van der Waals surface area (Å²) in [5, 5.41) is 14.3. The number of nitrogens with zero attached hydrogens (tertiary/aromatic N) is 3. The van der Waals surface area contributed by atoms with E-state index in [-0.39, 0.29) is 10.4 Å². The molecule has 0 saturated heterocycles. The Morgan fingerprint density at radius 1 is 1.59 bits per heavy atom. The highest BCUT2D eigenvalue weighted by Crippen LogP contribution is 2.26. The third-order valence-electron chi connectivity index (χ3n) is 2.14. The molecular weight excluding hydrogens is 240 g/mol. The van der Waals surface area contributed by atoms with E-state index in [1.807, 2.05) is 14.1 Å². The lowest BCUT2D eigenvalue weighted by Crippen LogP contribution is -2.34. The van der Waals surface area contributed by atoms with Crippen molar-refractivity contribution in [3.05, 3.63) is 16.3 Å². The predicted octanol–water partition coefficient (Wildman–Crippen LogP) is 2.05. The second-order valence-corrected chi connectivity index (χ2v) is 6.03. The molecule has 0 atom stereocenters. The molecule has 0 amide bonds. The van der Waals surface area contributed by atoms with Gasteiger partial charge in [0.25, 0.3) is 0 Å². The van der Waals surface area contributed by atoms with Crippen molar-refractivity contribution in [1.82, 2.24) is 9.88 Å². The third-order valence-corrected chi connectivity index (χ3v) is 3.04. The summed E-state index contributed by atoms with van der Waals surface area (Å²) in [6, 6.07) is 0.